The van der Waals surface area contributed by atoms with Crippen LogP contribution in [0.2, 0.25) is 0 Å². The van der Waals surface area contributed by atoms with Gasteiger partial charge in [-0.15, -0.1) is 12.4 Å². The topological polar surface area (TPSA) is 114 Å². The van der Waals surface area contributed by atoms with Gasteiger partial charge in [0.2, 0.25) is 0 Å². The maximum Gasteiger partial charge on any atom is 0.271 e. The molecule has 1 aliphatic rings. The number of primary amides is 1. The van der Waals surface area contributed by atoms with Gasteiger partial charge in [-0.1, -0.05) is 0 Å². The number of hydrogen-bond donors (Lipinski definition) is 2. The molecule has 0 bridgehead atoms. The monoisotopic (exact) mass is 475 g/mol. The molecule has 2 aromatic heterocycles. The molecule has 1 unspecified atom stereocenters. The van der Waals surface area contributed by atoms with Gasteiger partial charge in [0.15, 0.2) is 17.1 Å². The summed E-state index contributed by atoms with van der Waals surface area (Å²) in [6, 6.07) is 5.73. The maximum absolute atomic E-state index is 13.1. The van der Waals surface area contributed by atoms with Crippen molar-refractivity contribution in [3.8, 4) is 0 Å². The lowest BCUT2D eigenvalue weighted by molar-refractivity contribution is 0.0907. The molecular weight excluding hydrogens is 449 g/mol. The standard InChI is InChI=1S/C23H26FN5O3.ClH/c1-14-18(23(32)29-13-26-19(21(25)31)22(29)27-14)9-12-28-10-2-3-15(8-11-28)20(30)16-4-6-17(24)7-5-16;/h4-7,13,15,27H,2-3,8-12H2,1H3,(H2,25,31);1H. The van der Waals surface area contributed by atoms with Crippen LogP contribution in [0.1, 0.15) is 51.4 Å². The Morgan fingerprint density at radius 3 is 2.64 bits per heavy atom. The third kappa shape index (κ3) is 5.15. The summed E-state index contributed by atoms with van der Waals surface area (Å²) in [5.41, 5.74) is 7.33. The van der Waals surface area contributed by atoms with Crippen molar-refractivity contribution in [2.75, 3.05) is 19.6 Å². The number of aryl methyl sites for hydroxylation is 1. The molecule has 0 saturated carbocycles. The number of fused-ring (bicyclic) bond motifs is 1. The van der Waals surface area contributed by atoms with Gasteiger partial charge >= 0.3 is 0 Å². The predicted octanol–water partition coefficient (Wildman–Crippen LogP) is 2.52. The molecule has 1 aromatic carbocycles. The summed E-state index contributed by atoms with van der Waals surface area (Å²) >= 11 is 0. The number of rotatable bonds is 6. The number of nitrogens with two attached hydrogens (primary N) is 1. The molecule has 1 aliphatic heterocycles. The van der Waals surface area contributed by atoms with Gasteiger partial charge < -0.3 is 15.6 Å². The Labute approximate surface area is 196 Å². The number of benzene rings is 1. The maximum atomic E-state index is 13.1. The van der Waals surface area contributed by atoms with Crippen LogP contribution in [0.4, 0.5) is 4.39 Å². The van der Waals surface area contributed by atoms with Gasteiger partial charge in [0, 0.05) is 29.3 Å². The molecule has 8 nitrogen and oxygen atoms in total. The van der Waals surface area contributed by atoms with E-state index < -0.39 is 5.91 Å². The van der Waals surface area contributed by atoms with E-state index in [4.69, 9.17) is 5.73 Å². The Hall–Kier alpha value is -3.04. The molecule has 1 saturated heterocycles. The van der Waals surface area contributed by atoms with Crippen molar-refractivity contribution in [2.45, 2.75) is 32.6 Å². The largest absolute Gasteiger partial charge is 0.364 e. The summed E-state index contributed by atoms with van der Waals surface area (Å²) in [5, 5.41) is 0. The highest BCUT2D eigenvalue weighted by Crippen LogP contribution is 2.22. The number of H-pyrrole nitrogens is 1. The van der Waals surface area contributed by atoms with Crippen LogP contribution in [0.15, 0.2) is 35.4 Å². The minimum absolute atomic E-state index is 0. The van der Waals surface area contributed by atoms with Gasteiger partial charge in [0.05, 0.1) is 0 Å². The van der Waals surface area contributed by atoms with Crippen LogP contribution in [0.3, 0.4) is 0 Å². The number of Topliss-reactive ketones (excluding diaryl/α,β-unsaturated/α-hetero) is 1. The van der Waals surface area contributed by atoms with Gasteiger partial charge in [-0.3, -0.25) is 18.8 Å². The molecule has 1 fully saturated rings. The van der Waals surface area contributed by atoms with E-state index in [0.29, 0.717) is 35.4 Å². The molecule has 0 aliphatic carbocycles. The lowest BCUT2D eigenvalue weighted by Gasteiger charge is -2.20. The number of hydrogen-bond acceptors (Lipinski definition) is 5. The number of likely N-dealkylation sites (tertiary alicyclic amines) is 1. The van der Waals surface area contributed by atoms with Crippen LogP contribution in [-0.4, -0.2) is 50.6 Å². The fraction of sp³-hybridized carbons (Fsp3) is 0.391. The van der Waals surface area contributed by atoms with Crippen molar-refractivity contribution in [1.29, 1.82) is 0 Å². The lowest BCUT2D eigenvalue weighted by atomic mass is 9.91. The Morgan fingerprint density at radius 1 is 1.21 bits per heavy atom. The molecule has 33 heavy (non-hydrogen) atoms. The second-order valence-corrected chi connectivity index (χ2v) is 8.30. The van der Waals surface area contributed by atoms with E-state index in [1.54, 1.807) is 19.1 Å². The normalized spacial score (nSPS) is 16.8. The zero-order valence-electron chi connectivity index (χ0n) is 18.3. The Morgan fingerprint density at radius 2 is 1.94 bits per heavy atom. The average molecular weight is 476 g/mol. The number of nitrogens with zero attached hydrogens (tertiary/aromatic N) is 3. The zero-order chi connectivity index (χ0) is 22.8. The summed E-state index contributed by atoms with van der Waals surface area (Å²) in [6.07, 6.45) is 4.26. The molecule has 0 radical (unpaired) electrons. The Kier molecular flexibility index (Phi) is 7.65. The number of amides is 1. The van der Waals surface area contributed by atoms with Crippen LogP contribution in [-0.2, 0) is 6.42 Å². The van der Waals surface area contributed by atoms with Crippen LogP contribution in [0.25, 0.3) is 5.65 Å². The number of halogens is 2. The van der Waals surface area contributed by atoms with Gasteiger partial charge in [0.1, 0.15) is 12.1 Å². The first-order valence-corrected chi connectivity index (χ1v) is 10.8. The Bertz CT molecular complexity index is 1220. The third-order valence-corrected chi connectivity index (χ3v) is 6.23. The van der Waals surface area contributed by atoms with Crippen LogP contribution >= 0.6 is 12.4 Å². The van der Waals surface area contributed by atoms with Gasteiger partial charge in [-0.25, -0.2) is 9.37 Å². The van der Waals surface area contributed by atoms with Gasteiger partial charge in [-0.2, -0.15) is 0 Å². The van der Waals surface area contributed by atoms with E-state index in [0.717, 1.165) is 32.4 Å². The first-order valence-electron chi connectivity index (χ1n) is 10.8. The number of aromatic amines is 1. The minimum Gasteiger partial charge on any atom is -0.364 e. The number of carbonyl (C=O) groups excluding carboxylic acids is 2. The van der Waals surface area contributed by atoms with E-state index >= 15 is 0 Å². The van der Waals surface area contributed by atoms with Crippen molar-refractivity contribution in [1.82, 2.24) is 19.3 Å². The fourth-order valence-corrected chi connectivity index (χ4v) is 4.42. The second kappa shape index (κ2) is 10.3. The first kappa shape index (κ1) is 24.6. The molecule has 176 valence electrons. The van der Waals surface area contributed by atoms with Crippen molar-refractivity contribution in [3.63, 3.8) is 0 Å². The molecule has 0 spiro atoms. The van der Waals surface area contributed by atoms with Crippen LogP contribution in [0.5, 0.6) is 0 Å². The minimum atomic E-state index is -0.690. The molecule has 1 atom stereocenters. The highest BCUT2D eigenvalue weighted by molar-refractivity contribution is 5.98. The zero-order valence-corrected chi connectivity index (χ0v) is 19.2. The second-order valence-electron chi connectivity index (χ2n) is 8.30. The van der Waals surface area contributed by atoms with Crippen molar-refractivity contribution in [3.05, 3.63) is 69.3 Å². The lowest BCUT2D eigenvalue weighted by Crippen LogP contribution is -2.30. The molecule has 3 heterocycles. The van der Waals surface area contributed by atoms with E-state index in [2.05, 4.69) is 14.9 Å². The fourth-order valence-electron chi connectivity index (χ4n) is 4.42. The highest BCUT2D eigenvalue weighted by atomic mass is 35.5. The first-order chi connectivity index (χ1) is 15.3. The number of aromatic nitrogens is 3. The van der Waals surface area contributed by atoms with Gasteiger partial charge in [-0.05, 0) is 70.0 Å². The summed E-state index contributed by atoms with van der Waals surface area (Å²) in [6.45, 7) is 4.09. The predicted molar refractivity (Wildman–Crippen MR) is 125 cm³/mol. The van der Waals surface area contributed by atoms with Crippen LogP contribution in [0, 0.1) is 18.7 Å². The summed E-state index contributed by atoms with van der Waals surface area (Å²) in [5.74, 6) is -1.05. The molecule has 3 N–H and O–H groups in total. The van der Waals surface area contributed by atoms with E-state index in [-0.39, 0.29) is 41.2 Å². The highest BCUT2D eigenvalue weighted by Gasteiger charge is 2.24. The third-order valence-electron chi connectivity index (χ3n) is 6.23. The van der Waals surface area contributed by atoms with Gasteiger partial charge in [0.25, 0.3) is 11.5 Å². The number of nitrogens with one attached hydrogen (secondary N) is 1. The number of ketones is 1. The van der Waals surface area contributed by atoms with Crippen molar-refractivity contribution >= 4 is 29.7 Å². The number of imidazole rings is 1. The quantitative estimate of drug-likeness (QED) is 0.532. The summed E-state index contributed by atoms with van der Waals surface area (Å²) in [7, 11) is 0. The molecule has 10 heteroatoms. The van der Waals surface area contributed by atoms with E-state index in [1.807, 2.05) is 0 Å². The molecule has 4 rings (SSSR count). The molecular formula is C23H27ClFN5O3. The van der Waals surface area contributed by atoms with E-state index in [1.165, 1.54) is 22.9 Å². The molecule has 3 aromatic rings. The van der Waals surface area contributed by atoms with E-state index in [9.17, 15) is 18.8 Å². The SMILES string of the molecule is Cc1[nH]c2c(C(N)=O)ncn2c(=O)c1CCN1CCCC(C(=O)c2ccc(F)cc2)CC1.Cl. The average Bonchev–Trinajstić information content (AvgIpc) is 3.05. The number of carbonyl (C=O) groups is 2. The van der Waals surface area contributed by atoms with Crippen molar-refractivity contribution in [2.24, 2.45) is 11.7 Å². The Balaban J connectivity index is 0.00000306. The van der Waals surface area contributed by atoms with Crippen LogP contribution < -0.4 is 11.3 Å². The summed E-state index contributed by atoms with van der Waals surface area (Å²) in [4.78, 5) is 46.5. The summed E-state index contributed by atoms with van der Waals surface area (Å²) < 4.78 is 14.5. The smallest absolute Gasteiger partial charge is 0.271 e. The molecule has 1 amide bonds. The van der Waals surface area contributed by atoms with Crippen molar-refractivity contribution < 1.29 is 14.0 Å².